The second-order valence-electron chi connectivity index (χ2n) is 11.0. The van der Waals surface area contributed by atoms with E-state index in [2.05, 4.69) is 11.7 Å². The molecule has 0 radical (unpaired) electrons. The van der Waals surface area contributed by atoms with Crippen LogP contribution < -0.4 is 4.74 Å². The minimum atomic E-state index is -2.35. The molecule has 0 aliphatic rings. The van der Waals surface area contributed by atoms with Gasteiger partial charge in [-0.05, 0) is 12.8 Å². The predicted molar refractivity (Wildman–Crippen MR) is 178 cm³/mol. The smallest absolute Gasteiger partial charge is 0.313 e. The standard InChI is InChI=1S/C35H55F5O13/c1-3-5-6-27(4-2)35(42)52-26-25-51-24-23-50-22-21-49-20-19-48-18-17-47-16-15-46-14-13-45-12-11-44-10-9-43-8-7-28(41)53-34-32(39)30(37)29(36)31(38)33(34)40/h27H,3-26H2,1-2H3. The molecule has 13 nitrogen and oxygen atoms in total. The Kier molecular flexibility index (Phi) is 30.0. The molecule has 0 heterocycles. The van der Waals surface area contributed by atoms with Gasteiger partial charge in [0.05, 0.1) is 131 Å². The monoisotopic (exact) mass is 778 g/mol. The summed E-state index contributed by atoms with van der Waals surface area (Å²) in [6, 6.07) is 0. The molecule has 0 spiro atoms. The van der Waals surface area contributed by atoms with E-state index in [9.17, 15) is 31.5 Å². The molecule has 1 aromatic rings. The van der Waals surface area contributed by atoms with Crippen LogP contribution in [-0.2, 0) is 57.0 Å². The van der Waals surface area contributed by atoms with Gasteiger partial charge in [0.2, 0.25) is 34.8 Å². The minimum Gasteiger partial charge on any atom is -0.463 e. The summed E-state index contributed by atoms with van der Waals surface area (Å²) in [6.45, 7) is 10.2. The number of unbranched alkanes of at least 4 members (excludes halogenated alkanes) is 1. The highest BCUT2D eigenvalue weighted by molar-refractivity contribution is 5.72. The Hall–Kier alpha value is -2.55. The number of carbonyl (C=O) groups is 2. The van der Waals surface area contributed by atoms with E-state index in [1.54, 1.807) is 0 Å². The Morgan fingerprint density at radius 2 is 0.792 bits per heavy atom. The van der Waals surface area contributed by atoms with E-state index in [-0.39, 0.29) is 44.9 Å². The van der Waals surface area contributed by atoms with Crippen LogP contribution >= 0.6 is 0 Å². The number of hydrogen-bond acceptors (Lipinski definition) is 13. The Labute approximate surface area is 307 Å². The molecule has 0 aliphatic heterocycles. The van der Waals surface area contributed by atoms with Crippen LogP contribution in [0.5, 0.6) is 5.75 Å². The Bertz CT molecular complexity index is 1070. The highest BCUT2D eigenvalue weighted by Crippen LogP contribution is 2.29. The average molecular weight is 779 g/mol. The molecule has 1 rings (SSSR count). The van der Waals surface area contributed by atoms with Crippen LogP contribution in [0.25, 0.3) is 0 Å². The van der Waals surface area contributed by atoms with Crippen molar-refractivity contribution < 1.29 is 83.6 Å². The number of benzene rings is 1. The molecule has 0 saturated carbocycles. The first-order chi connectivity index (χ1) is 25.7. The van der Waals surface area contributed by atoms with Crippen LogP contribution in [0.2, 0.25) is 0 Å². The van der Waals surface area contributed by atoms with Gasteiger partial charge >= 0.3 is 11.9 Å². The van der Waals surface area contributed by atoms with Crippen molar-refractivity contribution in [3.63, 3.8) is 0 Å². The highest BCUT2D eigenvalue weighted by atomic mass is 19.2. The molecule has 1 unspecified atom stereocenters. The molecule has 53 heavy (non-hydrogen) atoms. The molecule has 0 saturated heterocycles. The van der Waals surface area contributed by atoms with Crippen molar-refractivity contribution in [3.8, 4) is 5.75 Å². The quantitative estimate of drug-likeness (QED) is 0.0235. The third-order valence-corrected chi connectivity index (χ3v) is 7.02. The number of carbonyl (C=O) groups excluding carboxylic acids is 2. The van der Waals surface area contributed by atoms with E-state index < -0.39 is 47.2 Å². The van der Waals surface area contributed by atoms with Crippen LogP contribution in [0.4, 0.5) is 22.0 Å². The van der Waals surface area contributed by atoms with E-state index >= 15 is 0 Å². The molecule has 308 valence electrons. The summed E-state index contributed by atoms with van der Waals surface area (Å²) in [7, 11) is 0. The van der Waals surface area contributed by atoms with Crippen LogP contribution in [-0.4, -0.2) is 137 Å². The summed E-state index contributed by atoms with van der Waals surface area (Å²) >= 11 is 0. The lowest BCUT2D eigenvalue weighted by atomic mass is 10.00. The zero-order chi connectivity index (χ0) is 38.9. The lowest BCUT2D eigenvalue weighted by molar-refractivity contribution is -0.150. The van der Waals surface area contributed by atoms with E-state index in [0.717, 1.165) is 25.7 Å². The second-order valence-corrected chi connectivity index (χ2v) is 11.0. The van der Waals surface area contributed by atoms with Gasteiger partial charge in [-0.1, -0.05) is 26.7 Å². The summed E-state index contributed by atoms with van der Waals surface area (Å²) in [5, 5.41) is 0. The number of ether oxygens (including phenoxy) is 11. The van der Waals surface area contributed by atoms with Crippen molar-refractivity contribution >= 4 is 11.9 Å². The molecule has 1 atom stereocenters. The van der Waals surface area contributed by atoms with Crippen LogP contribution in [0.15, 0.2) is 0 Å². The Morgan fingerprint density at radius 1 is 0.472 bits per heavy atom. The second kappa shape index (κ2) is 32.8. The SMILES string of the molecule is CCCCC(CC)C(=O)OCCOCCOCCOCCOCCOCCOCCOCCOCCOCCC(=O)Oc1c(F)c(F)c(F)c(F)c1F. The predicted octanol–water partition coefficient (Wildman–Crippen LogP) is 4.59. The molecule has 1 aromatic carbocycles. The zero-order valence-electron chi connectivity index (χ0n) is 30.7. The maximum atomic E-state index is 13.5. The zero-order valence-corrected chi connectivity index (χ0v) is 30.7. The summed E-state index contributed by atoms with van der Waals surface area (Å²) in [4.78, 5) is 23.7. The van der Waals surface area contributed by atoms with Crippen LogP contribution in [0.3, 0.4) is 0 Å². The van der Waals surface area contributed by atoms with Gasteiger partial charge < -0.3 is 52.1 Å². The summed E-state index contributed by atoms with van der Waals surface area (Å²) in [6.07, 6.45) is 3.25. The van der Waals surface area contributed by atoms with E-state index in [4.69, 9.17) is 47.4 Å². The fourth-order valence-corrected chi connectivity index (χ4v) is 4.11. The minimum absolute atomic E-state index is 0.0297. The van der Waals surface area contributed by atoms with Gasteiger partial charge in [0.1, 0.15) is 6.61 Å². The third kappa shape index (κ3) is 23.8. The Morgan fingerprint density at radius 3 is 1.13 bits per heavy atom. The van der Waals surface area contributed by atoms with E-state index in [1.165, 1.54) is 0 Å². The fraction of sp³-hybridized carbons (Fsp3) is 0.771. The van der Waals surface area contributed by atoms with Gasteiger partial charge in [0, 0.05) is 0 Å². The largest absolute Gasteiger partial charge is 0.463 e. The van der Waals surface area contributed by atoms with E-state index in [1.807, 2.05) is 6.92 Å². The van der Waals surface area contributed by atoms with Gasteiger partial charge in [0.15, 0.2) is 0 Å². The van der Waals surface area contributed by atoms with Crippen LogP contribution in [0.1, 0.15) is 46.0 Å². The molecule has 0 N–H and O–H groups in total. The third-order valence-electron chi connectivity index (χ3n) is 7.02. The number of rotatable bonds is 36. The molecule has 0 amide bonds. The molecule has 0 bridgehead atoms. The normalized spacial score (nSPS) is 12.0. The molecule has 18 heteroatoms. The van der Waals surface area contributed by atoms with Gasteiger partial charge in [-0.2, -0.15) is 8.78 Å². The molecule has 0 aromatic heterocycles. The van der Waals surface area contributed by atoms with Crippen LogP contribution in [0, 0.1) is 35.0 Å². The van der Waals surface area contributed by atoms with Crippen molar-refractivity contribution in [2.45, 2.75) is 46.0 Å². The van der Waals surface area contributed by atoms with Gasteiger partial charge in [-0.25, -0.2) is 13.2 Å². The summed E-state index contributed by atoms with van der Waals surface area (Å²) in [5.74, 6) is -14.3. The van der Waals surface area contributed by atoms with Crippen molar-refractivity contribution in [3.05, 3.63) is 29.1 Å². The molecular formula is C35H55F5O13. The van der Waals surface area contributed by atoms with Crippen molar-refractivity contribution in [2.24, 2.45) is 5.92 Å². The maximum absolute atomic E-state index is 13.5. The van der Waals surface area contributed by atoms with Crippen molar-refractivity contribution in [1.29, 1.82) is 0 Å². The topological polar surface area (TPSA) is 136 Å². The van der Waals surface area contributed by atoms with Crippen molar-refractivity contribution in [1.82, 2.24) is 0 Å². The van der Waals surface area contributed by atoms with Gasteiger partial charge in [-0.15, -0.1) is 0 Å². The van der Waals surface area contributed by atoms with E-state index in [0.29, 0.717) is 92.5 Å². The molecule has 0 fully saturated rings. The number of esters is 2. The lowest BCUT2D eigenvalue weighted by Gasteiger charge is -2.13. The first-order valence-electron chi connectivity index (χ1n) is 17.8. The lowest BCUT2D eigenvalue weighted by Crippen LogP contribution is -2.20. The summed E-state index contributed by atoms with van der Waals surface area (Å²) < 4.78 is 124. The molecular weight excluding hydrogens is 723 g/mol. The first kappa shape index (κ1) is 48.5. The number of halogens is 5. The fourth-order valence-electron chi connectivity index (χ4n) is 4.11. The maximum Gasteiger partial charge on any atom is 0.313 e. The first-order valence-corrected chi connectivity index (χ1v) is 17.8. The number of hydrogen-bond donors (Lipinski definition) is 0. The highest BCUT2D eigenvalue weighted by Gasteiger charge is 2.28. The Balaban J connectivity index is 1.77. The molecule has 0 aliphatic carbocycles. The van der Waals surface area contributed by atoms with Crippen molar-refractivity contribution in [2.75, 3.05) is 126 Å². The summed E-state index contributed by atoms with van der Waals surface area (Å²) in [5.41, 5.74) is 0. The van der Waals surface area contributed by atoms with Gasteiger partial charge in [-0.3, -0.25) is 9.59 Å². The van der Waals surface area contributed by atoms with Gasteiger partial charge in [0.25, 0.3) is 0 Å². The average Bonchev–Trinajstić information content (AvgIpc) is 3.15.